The van der Waals surface area contributed by atoms with Crippen molar-refractivity contribution >= 4 is 0 Å². The molecule has 3 unspecified atom stereocenters. The van der Waals surface area contributed by atoms with Crippen LogP contribution in [0.3, 0.4) is 0 Å². The number of ether oxygens (including phenoxy) is 2. The third-order valence-corrected chi connectivity index (χ3v) is 4.93. The first kappa shape index (κ1) is 16.3. The number of fused-ring (bicyclic) bond motifs is 1. The molecule has 0 bridgehead atoms. The van der Waals surface area contributed by atoms with E-state index in [0.717, 1.165) is 19.1 Å². The van der Waals surface area contributed by atoms with E-state index in [0.29, 0.717) is 12.2 Å². The van der Waals surface area contributed by atoms with Crippen LogP contribution in [0.15, 0.2) is 0 Å². The van der Waals surface area contributed by atoms with Gasteiger partial charge < -0.3 is 9.47 Å². The second-order valence-electron chi connectivity index (χ2n) is 6.77. The Kier molecular flexibility index (Phi) is 7.97. The van der Waals surface area contributed by atoms with Crippen molar-refractivity contribution in [3.63, 3.8) is 0 Å². The van der Waals surface area contributed by atoms with Crippen molar-refractivity contribution in [1.82, 2.24) is 0 Å². The number of hydrogen-bond donors (Lipinski definition) is 0. The van der Waals surface area contributed by atoms with Crippen molar-refractivity contribution in [2.75, 3.05) is 13.2 Å². The quantitative estimate of drug-likeness (QED) is 0.367. The van der Waals surface area contributed by atoms with Gasteiger partial charge in [0.05, 0.1) is 12.2 Å². The van der Waals surface area contributed by atoms with Crippen LogP contribution in [0.2, 0.25) is 0 Å². The van der Waals surface area contributed by atoms with Crippen molar-refractivity contribution in [2.24, 2.45) is 5.92 Å². The molecule has 2 fully saturated rings. The van der Waals surface area contributed by atoms with E-state index in [1.54, 1.807) is 0 Å². The SMILES string of the molecule is CCCCCCCCCCOCCC1CCC2OC2C1. The molecular weight excluding hydrogens is 248 g/mol. The maximum absolute atomic E-state index is 5.79. The molecule has 2 heteroatoms. The second-order valence-corrected chi connectivity index (χ2v) is 6.77. The van der Waals surface area contributed by atoms with Gasteiger partial charge in [0.25, 0.3) is 0 Å². The highest BCUT2D eigenvalue weighted by molar-refractivity contribution is 4.91. The van der Waals surface area contributed by atoms with Crippen LogP contribution < -0.4 is 0 Å². The normalized spacial score (nSPS) is 28.4. The van der Waals surface area contributed by atoms with E-state index >= 15 is 0 Å². The minimum absolute atomic E-state index is 0.626. The Morgan fingerprint density at radius 3 is 2.35 bits per heavy atom. The summed E-state index contributed by atoms with van der Waals surface area (Å²) in [4.78, 5) is 0. The van der Waals surface area contributed by atoms with Crippen molar-refractivity contribution in [3.05, 3.63) is 0 Å². The number of unbranched alkanes of at least 4 members (excludes halogenated alkanes) is 7. The first-order valence-corrected chi connectivity index (χ1v) is 9.13. The van der Waals surface area contributed by atoms with Crippen LogP contribution >= 0.6 is 0 Å². The maximum Gasteiger partial charge on any atom is 0.0844 e. The molecule has 1 heterocycles. The number of epoxide rings is 1. The van der Waals surface area contributed by atoms with Crippen LogP contribution in [-0.4, -0.2) is 25.4 Å². The summed E-state index contributed by atoms with van der Waals surface area (Å²) >= 11 is 0. The van der Waals surface area contributed by atoms with Crippen LogP contribution in [0.4, 0.5) is 0 Å². The third-order valence-electron chi connectivity index (χ3n) is 4.93. The summed E-state index contributed by atoms with van der Waals surface area (Å²) in [6.07, 6.45) is 17.5. The van der Waals surface area contributed by atoms with E-state index in [2.05, 4.69) is 6.92 Å². The van der Waals surface area contributed by atoms with Gasteiger partial charge in [-0.3, -0.25) is 0 Å². The molecule has 20 heavy (non-hydrogen) atoms. The molecule has 2 aliphatic rings. The van der Waals surface area contributed by atoms with Gasteiger partial charge in [-0.15, -0.1) is 0 Å². The smallest absolute Gasteiger partial charge is 0.0844 e. The minimum atomic E-state index is 0.626. The average Bonchev–Trinajstić information content (AvgIpc) is 3.23. The third kappa shape index (κ3) is 6.58. The fourth-order valence-corrected chi connectivity index (χ4v) is 3.44. The van der Waals surface area contributed by atoms with Gasteiger partial charge in [-0.2, -0.15) is 0 Å². The van der Waals surface area contributed by atoms with E-state index in [9.17, 15) is 0 Å². The topological polar surface area (TPSA) is 21.8 Å². The molecule has 1 aliphatic carbocycles. The van der Waals surface area contributed by atoms with Gasteiger partial charge in [-0.1, -0.05) is 51.9 Å². The van der Waals surface area contributed by atoms with Crippen molar-refractivity contribution in [1.29, 1.82) is 0 Å². The summed E-state index contributed by atoms with van der Waals surface area (Å²) in [7, 11) is 0. The molecule has 0 aromatic carbocycles. The van der Waals surface area contributed by atoms with Crippen LogP contribution in [0, 0.1) is 5.92 Å². The Labute approximate surface area is 125 Å². The summed E-state index contributed by atoms with van der Waals surface area (Å²) in [5.41, 5.74) is 0. The summed E-state index contributed by atoms with van der Waals surface area (Å²) in [6, 6.07) is 0. The monoisotopic (exact) mass is 282 g/mol. The number of hydrogen-bond acceptors (Lipinski definition) is 2. The Morgan fingerprint density at radius 1 is 0.850 bits per heavy atom. The highest BCUT2D eigenvalue weighted by atomic mass is 16.6. The van der Waals surface area contributed by atoms with Crippen LogP contribution in [0.1, 0.15) is 84.0 Å². The average molecular weight is 282 g/mol. The molecule has 2 nitrogen and oxygen atoms in total. The lowest BCUT2D eigenvalue weighted by molar-refractivity contribution is 0.111. The molecular formula is C18H34O2. The lowest BCUT2D eigenvalue weighted by atomic mass is 9.87. The zero-order chi connectivity index (χ0) is 14.0. The van der Waals surface area contributed by atoms with Gasteiger partial charge in [-0.05, 0) is 38.0 Å². The fraction of sp³-hybridized carbons (Fsp3) is 1.00. The van der Waals surface area contributed by atoms with E-state index in [1.807, 2.05) is 0 Å². The standard InChI is InChI=1S/C18H34O2/c1-2-3-4-5-6-7-8-9-13-19-14-12-16-10-11-17-18(15-16)20-17/h16-18H,2-15H2,1H3. The molecule has 0 aromatic heterocycles. The molecule has 0 N–H and O–H groups in total. The predicted octanol–water partition coefficient (Wildman–Crippen LogP) is 5.10. The van der Waals surface area contributed by atoms with Gasteiger partial charge in [0.1, 0.15) is 0 Å². The van der Waals surface area contributed by atoms with Gasteiger partial charge in [-0.25, -0.2) is 0 Å². The molecule has 0 spiro atoms. The molecule has 0 amide bonds. The Morgan fingerprint density at radius 2 is 1.60 bits per heavy atom. The Bertz CT molecular complexity index is 242. The van der Waals surface area contributed by atoms with Crippen molar-refractivity contribution < 1.29 is 9.47 Å². The lowest BCUT2D eigenvalue weighted by Gasteiger charge is -2.18. The van der Waals surface area contributed by atoms with E-state index < -0.39 is 0 Å². The molecule has 1 saturated carbocycles. The molecule has 1 saturated heterocycles. The molecule has 2 rings (SSSR count). The van der Waals surface area contributed by atoms with Gasteiger partial charge in [0, 0.05) is 13.2 Å². The summed E-state index contributed by atoms with van der Waals surface area (Å²) < 4.78 is 11.4. The summed E-state index contributed by atoms with van der Waals surface area (Å²) in [5.74, 6) is 0.873. The number of rotatable bonds is 12. The summed E-state index contributed by atoms with van der Waals surface area (Å²) in [6.45, 7) is 4.23. The van der Waals surface area contributed by atoms with Crippen molar-refractivity contribution in [2.45, 2.75) is 96.2 Å². The van der Waals surface area contributed by atoms with E-state index in [-0.39, 0.29) is 0 Å². The fourth-order valence-electron chi connectivity index (χ4n) is 3.44. The second kappa shape index (κ2) is 9.78. The molecule has 1 aliphatic heterocycles. The maximum atomic E-state index is 5.79. The predicted molar refractivity (Wildman–Crippen MR) is 84.0 cm³/mol. The highest BCUT2D eigenvalue weighted by Crippen LogP contribution is 2.40. The molecule has 0 aromatic rings. The first-order valence-electron chi connectivity index (χ1n) is 9.13. The van der Waals surface area contributed by atoms with Crippen LogP contribution in [0.25, 0.3) is 0 Å². The van der Waals surface area contributed by atoms with Crippen LogP contribution in [0.5, 0.6) is 0 Å². The van der Waals surface area contributed by atoms with Gasteiger partial charge in [0.15, 0.2) is 0 Å². The summed E-state index contributed by atoms with van der Waals surface area (Å²) in [5, 5.41) is 0. The van der Waals surface area contributed by atoms with E-state index in [4.69, 9.17) is 9.47 Å². The lowest BCUT2D eigenvalue weighted by Crippen LogP contribution is -2.15. The van der Waals surface area contributed by atoms with E-state index in [1.165, 1.54) is 77.0 Å². The largest absolute Gasteiger partial charge is 0.381 e. The van der Waals surface area contributed by atoms with Gasteiger partial charge >= 0.3 is 0 Å². The molecule has 3 atom stereocenters. The Hall–Kier alpha value is -0.0800. The van der Waals surface area contributed by atoms with Gasteiger partial charge in [0.2, 0.25) is 0 Å². The van der Waals surface area contributed by atoms with Crippen LogP contribution in [-0.2, 0) is 9.47 Å². The molecule has 0 radical (unpaired) electrons. The first-order chi connectivity index (χ1) is 9.90. The molecule has 118 valence electrons. The minimum Gasteiger partial charge on any atom is -0.381 e. The van der Waals surface area contributed by atoms with Crippen molar-refractivity contribution in [3.8, 4) is 0 Å². The Balaban J connectivity index is 1.28. The zero-order valence-electron chi connectivity index (χ0n) is 13.4. The highest BCUT2D eigenvalue weighted by Gasteiger charge is 2.43. The zero-order valence-corrected chi connectivity index (χ0v) is 13.4.